The van der Waals surface area contributed by atoms with Crippen molar-refractivity contribution < 1.29 is 9.53 Å². The summed E-state index contributed by atoms with van der Waals surface area (Å²) in [5.74, 6) is 2.47. The minimum absolute atomic E-state index is 0. The fraction of sp³-hybridized carbons (Fsp3) is 0.636. The molecule has 1 aromatic rings. The van der Waals surface area contributed by atoms with Crippen molar-refractivity contribution in [3.8, 4) is 5.75 Å². The fourth-order valence-corrected chi connectivity index (χ4v) is 3.65. The summed E-state index contributed by atoms with van der Waals surface area (Å²) in [5, 5.41) is 6.57. The van der Waals surface area contributed by atoms with Crippen LogP contribution in [0.15, 0.2) is 29.3 Å². The minimum Gasteiger partial charge on any atom is -0.497 e. The zero-order valence-corrected chi connectivity index (χ0v) is 20.7. The van der Waals surface area contributed by atoms with Gasteiger partial charge in [-0.2, -0.15) is 0 Å². The average molecular weight is 529 g/mol. The lowest BCUT2D eigenvalue weighted by Crippen LogP contribution is -2.54. The summed E-state index contributed by atoms with van der Waals surface area (Å²) in [4.78, 5) is 21.0. The number of hydrogen-bond donors (Lipinski definition) is 2. The van der Waals surface area contributed by atoms with Gasteiger partial charge in [-0.15, -0.1) is 24.0 Å². The molecule has 30 heavy (non-hydrogen) atoms. The highest BCUT2D eigenvalue weighted by atomic mass is 127. The van der Waals surface area contributed by atoms with E-state index >= 15 is 0 Å². The normalized spacial score (nSPS) is 18.4. The van der Waals surface area contributed by atoms with Crippen molar-refractivity contribution in [2.75, 3.05) is 53.4 Å². The Balaban J connectivity index is 0.00000320. The zero-order chi connectivity index (χ0) is 20.6. The molecular formula is C22H36IN5O2. The second kappa shape index (κ2) is 12.3. The monoisotopic (exact) mass is 529 g/mol. The van der Waals surface area contributed by atoms with Crippen LogP contribution in [0.1, 0.15) is 37.7 Å². The van der Waals surface area contributed by atoms with Crippen molar-refractivity contribution in [2.45, 2.75) is 38.1 Å². The van der Waals surface area contributed by atoms with Crippen LogP contribution in [0.2, 0.25) is 0 Å². The van der Waals surface area contributed by atoms with Crippen molar-refractivity contribution >= 4 is 35.8 Å². The molecule has 7 nitrogen and oxygen atoms in total. The second-order valence-electron chi connectivity index (χ2n) is 8.04. The van der Waals surface area contributed by atoms with Crippen LogP contribution in [0, 0.1) is 0 Å². The van der Waals surface area contributed by atoms with Gasteiger partial charge in [0.05, 0.1) is 13.7 Å². The third-order valence-corrected chi connectivity index (χ3v) is 5.74. The first-order valence-corrected chi connectivity index (χ1v) is 10.7. The van der Waals surface area contributed by atoms with Gasteiger partial charge in [0.15, 0.2) is 5.96 Å². The van der Waals surface area contributed by atoms with Crippen LogP contribution in [-0.2, 0) is 4.79 Å². The van der Waals surface area contributed by atoms with Crippen LogP contribution >= 0.6 is 24.0 Å². The van der Waals surface area contributed by atoms with Gasteiger partial charge in [-0.1, -0.05) is 19.1 Å². The number of amides is 1. The Morgan fingerprint density at radius 3 is 2.43 bits per heavy atom. The topological polar surface area (TPSA) is 69.2 Å². The van der Waals surface area contributed by atoms with Gasteiger partial charge in [-0.05, 0) is 42.9 Å². The highest BCUT2D eigenvalue weighted by molar-refractivity contribution is 14.0. The molecule has 1 aliphatic heterocycles. The van der Waals surface area contributed by atoms with Crippen LogP contribution in [0.4, 0.5) is 0 Å². The van der Waals surface area contributed by atoms with E-state index < -0.39 is 0 Å². The van der Waals surface area contributed by atoms with Crippen LogP contribution in [0.5, 0.6) is 5.75 Å². The number of carbonyl (C=O) groups is 1. The maximum absolute atomic E-state index is 12.0. The predicted molar refractivity (Wildman–Crippen MR) is 132 cm³/mol. The number of benzene rings is 1. The first-order valence-electron chi connectivity index (χ1n) is 10.7. The van der Waals surface area contributed by atoms with Gasteiger partial charge in [0.25, 0.3) is 0 Å². The molecule has 2 N–H and O–H groups in total. The Kier molecular flexibility index (Phi) is 10.2. The molecule has 168 valence electrons. The minimum atomic E-state index is 0. The number of nitrogens with zero attached hydrogens (tertiary/aromatic N) is 3. The number of halogens is 1. The summed E-state index contributed by atoms with van der Waals surface area (Å²) in [6.45, 7) is 7.20. The van der Waals surface area contributed by atoms with Crippen LogP contribution in [0.3, 0.4) is 0 Å². The Morgan fingerprint density at radius 1 is 1.20 bits per heavy atom. The number of ether oxygens (including phenoxy) is 1. The summed E-state index contributed by atoms with van der Waals surface area (Å²) in [6, 6.07) is 8.74. The van der Waals surface area contributed by atoms with Crippen molar-refractivity contribution in [3.63, 3.8) is 0 Å². The molecule has 1 saturated carbocycles. The molecule has 1 heterocycles. The highest BCUT2D eigenvalue weighted by Crippen LogP contribution is 2.21. The summed E-state index contributed by atoms with van der Waals surface area (Å²) >= 11 is 0. The molecule has 2 fully saturated rings. The average Bonchev–Trinajstić information content (AvgIpc) is 3.55. The molecule has 0 bridgehead atoms. The lowest BCUT2D eigenvalue weighted by Gasteiger charge is -2.36. The molecule has 1 aromatic carbocycles. The smallest absolute Gasteiger partial charge is 0.234 e. The zero-order valence-electron chi connectivity index (χ0n) is 18.4. The van der Waals surface area contributed by atoms with Gasteiger partial charge in [-0.3, -0.25) is 14.7 Å². The molecule has 0 spiro atoms. The third-order valence-electron chi connectivity index (χ3n) is 5.74. The number of rotatable bonds is 8. The fourth-order valence-electron chi connectivity index (χ4n) is 3.65. The second-order valence-corrected chi connectivity index (χ2v) is 8.04. The number of aliphatic imine (C=N–C) groups is 1. The molecule has 1 saturated heterocycles. The SMILES string of the molecule is CN=C(NCCC(C)c1ccc(OC)cc1)N1CCN(CC(=O)NC2CC2)CC1.I. The van der Waals surface area contributed by atoms with E-state index in [1.807, 2.05) is 19.2 Å². The maximum atomic E-state index is 12.0. The van der Waals surface area contributed by atoms with Gasteiger partial charge in [0.1, 0.15) is 5.75 Å². The maximum Gasteiger partial charge on any atom is 0.234 e. The molecule has 1 atom stereocenters. The van der Waals surface area contributed by atoms with Crippen LogP contribution < -0.4 is 15.4 Å². The van der Waals surface area contributed by atoms with E-state index in [1.165, 1.54) is 5.56 Å². The van der Waals surface area contributed by atoms with Crippen LogP contribution in [0.25, 0.3) is 0 Å². The van der Waals surface area contributed by atoms with Crippen molar-refractivity contribution in [1.82, 2.24) is 20.4 Å². The molecule has 0 aromatic heterocycles. The Hall–Kier alpha value is -1.55. The van der Waals surface area contributed by atoms with Gasteiger partial charge in [0.2, 0.25) is 5.91 Å². The predicted octanol–water partition coefficient (Wildman–Crippen LogP) is 2.28. The molecule has 8 heteroatoms. The van der Waals surface area contributed by atoms with E-state index in [2.05, 4.69) is 44.5 Å². The quantitative estimate of drug-likeness (QED) is 0.307. The van der Waals surface area contributed by atoms with Crippen molar-refractivity contribution in [2.24, 2.45) is 4.99 Å². The first-order chi connectivity index (χ1) is 14.1. The standard InChI is InChI=1S/C22H35N5O2.HI/c1-17(18-4-8-20(29-3)9-5-18)10-11-24-22(23-2)27-14-12-26(13-15-27)16-21(28)25-19-6-7-19;/h4-5,8-9,17,19H,6-7,10-16H2,1-3H3,(H,23,24)(H,25,28);1H. The summed E-state index contributed by atoms with van der Waals surface area (Å²) in [6.07, 6.45) is 3.31. The molecule has 0 radical (unpaired) electrons. The van der Waals surface area contributed by atoms with E-state index in [4.69, 9.17) is 4.74 Å². The van der Waals surface area contributed by atoms with Gasteiger partial charge in [0, 0.05) is 45.8 Å². The van der Waals surface area contributed by atoms with E-state index in [0.29, 0.717) is 18.5 Å². The number of methoxy groups -OCH3 is 1. The van der Waals surface area contributed by atoms with E-state index in [1.54, 1.807) is 7.11 Å². The lowest BCUT2D eigenvalue weighted by atomic mass is 9.98. The van der Waals surface area contributed by atoms with E-state index in [-0.39, 0.29) is 29.9 Å². The number of piperazine rings is 1. The lowest BCUT2D eigenvalue weighted by molar-refractivity contribution is -0.122. The Bertz CT molecular complexity index is 685. The van der Waals surface area contributed by atoms with Crippen molar-refractivity contribution in [1.29, 1.82) is 0 Å². The number of nitrogens with one attached hydrogen (secondary N) is 2. The Labute approximate surface area is 197 Å². The largest absolute Gasteiger partial charge is 0.497 e. The molecule has 1 unspecified atom stereocenters. The molecule has 3 rings (SSSR count). The molecular weight excluding hydrogens is 493 g/mol. The number of guanidine groups is 1. The highest BCUT2D eigenvalue weighted by Gasteiger charge is 2.25. The molecule has 1 aliphatic carbocycles. The van der Waals surface area contributed by atoms with Gasteiger partial charge < -0.3 is 20.3 Å². The summed E-state index contributed by atoms with van der Waals surface area (Å²) in [5.41, 5.74) is 1.32. The Morgan fingerprint density at radius 2 is 1.87 bits per heavy atom. The van der Waals surface area contributed by atoms with Crippen molar-refractivity contribution in [3.05, 3.63) is 29.8 Å². The van der Waals surface area contributed by atoms with E-state index in [9.17, 15) is 4.79 Å². The molecule has 1 amide bonds. The van der Waals surface area contributed by atoms with E-state index in [0.717, 1.165) is 63.7 Å². The first kappa shape index (κ1) is 24.7. The summed E-state index contributed by atoms with van der Waals surface area (Å²) in [7, 11) is 3.53. The van der Waals surface area contributed by atoms with Gasteiger partial charge in [-0.25, -0.2) is 0 Å². The summed E-state index contributed by atoms with van der Waals surface area (Å²) < 4.78 is 5.23. The van der Waals surface area contributed by atoms with Crippen LogP contribution in [-0.4, -0.2) is 81.1 Å². The number of hydrogen-bond acceptors (Lipinski definition) is 4. The molecule has 2 aliphatic rings. The van der Waals surface area contributed by atoms with Gasteiger partial charge >= 0.3 is 0 Å². The number of carbonyl (C=O) groups excluding carboxylic acids is 1. The third kappa shape index (κ3) is 7.61.